The molecule has 6 nitrogen and oxygen atoms in total. The summed E-state index contributed by atoms with van der Waals surface area (Å²) in [6.45, 7) is 4.94. The van der Waals surface area contributed by atoms with Gasteiger partial charge in [0.05, 0.1) is 5.39 Å². The van der Waals surface area contributed by atoms with Crippen molar-refractivity contribution in [2.75, 3.05) is 6.54 Å². The zero-order valence-corrected chi connectivity index (χ0v) is 17.5. The molecule has 0 bridgehead atoms. The van der Waals surface area contributed by atoms with Gasteiger partial charge in [-0.05, 0) is 30.7 Å². The Hall–Kier alpha value is -1.92. The van der Waals surface area contributed by atoms with Crippen molar-refractivity contribution < 1.29 is 4.79 Å². The molecule has 1 heterocycles. The van der Waals surface area contributed by atoms with E-state index in [4.69, 9.17) is 5.73 Å². The highest BCUT2D eigenvalue weighted by molar-refractivity contribution is 6.04. The fraction of sp³-hybridized carbons (Fsp3) is 0.571. The van der Waals surface area contributed by atoms with Crippen molar-refractivity contribution in [3.8, 4) is 0 Å². The molecule has 0 aliphatic heterocycles. The Kier molecular flexibility index (Phi) is 8.01. The maximum Gasteiger partial charge on any atom is 0.274 e. The van der Waals surface area contributed by atoms with Crippen LogP contribution in [0, 0.1) is 11.8 Å². The molecular formula is C21H31ClN4O2. The molecule has 7 heteroatoms. The topological polar surface area (TPSA) is 90.0 Å². The molecule has 1 fully saturated rings. The second-order valence-electron chi connectivity index (χ2n) is 7.99. The van der Waals surface area contributed by atoms with E-state index >= 15 is 0 Å². The third-order valence-electron chi connectivity index (χ3n) is 5.41. The van der Waals surface area contributed by atoms with E-state index in [9.17, 15) is 9.59 Å². The Balaban J connectivity index is 0.00000280. The van der Waals surface area contributed by atoms with Gasteiger partial charge in [0.2, 0.25) is 0 Å². The summed E-state index contributed by atoms with van der Waals surface area (Å²) in [7, 11) is 0. The van der Waals surface area contributed by atoms with Crippen LogP contribution in [0.4, 0.5) is 0 Å². The minimum absolute atomic E-state index is 0. The van der Waals surface area contributed by atoms with Crippen LogP contribution in [0.25, 0.3) is 10.8 Å². The van der Waals surface area contributed by atoms with Crippen LogP contribution in [0.1, 0.15) is 56.4 Å². The predicted molar refractivity (Wildman–Crippen MR) is 115 cm³/mol. The van der Waals surface area contributed by atoms with Crippen molar-refractivity contribution in [2.24, 2.45) is 17.6 Å². The standard InChI is InChI=1S/C21H30N4O2.ClH/c1-14(2)13-25-21(27)17-11-7-6-10-16(17)19(24-25)20(26)23-18(12-22)15-8-4-3-5-9-15;/h6-7,10-11,14-15,18H,3-5,8-9,12-13,22H2,1-2H3,(H,23,26);1H. The number of amides is 1. The molecule has 1 aliphatic rings. The summed E-state index contributed by atoms with van der Waals surface area (Å²) in [5.74, 6) is 0.427. The second kappa shape index (κ2) is 10.0. The zero-order valence-electron chi connectivity index (χ0n) is 16.7. The Morgan fingerprint density at radius 2 is 1.86 bits per heavy atom. The third-order valence-corrected chi connectivity index (χ3v) is 5.41. The van der Waals surface area contributed by atoms with Crippen LogP contribution in [0.15, 0.2) is 29.1 Å². The predicted octanol–water partition coefficient (Wildman–Crippen LogP) is 3.11. The smallest absolute Gasteiger partial charge is 0.274 e. The Labute approximate surface area is 172 Å². The van der Waals surface area contributed by atoms with Gasteiger partial charge in [-0.15, -0.1) is 12.4 Å². The van der Waals surface area contributed by atoms with E-state index in [0.29, 0.717) is 35.5 Å². The van der Waals surface area contributed by atoms with Gasteiger partial charge in [0, 0.05) is 24.5 Å². The highest BCUT2D eigenvalue weighted by atomic mass is 35.5. The van der Waals surface area contributed by atoms with E-state index in [2.05, 4.69) is 10.4 Å². The van der Waals surface area contributed by atoms with Gasteiger partial charge in [-0.1, -0.05) is 51.3 Å². The normalized spacial score (nSPS) is 16.0. The van der Waals surface area contributed by atoms with E-state index in [1.165, 1.54) is 23.9 Å². The molecule has 1 amide bonds. The maximum absolute atomic E-state index is 13.1. The Morgan fingerprint density at radius 3 is 2.46 bits per heavy atom. The van der Waals surface area contributed by atoms with Crippen LogP contribution in [0.5, 0.6) is 0 Å². The van der Waals surface area contributed by atoms with Crippen LogP contribution in [0.3, 0.4) is 0 Å². The lowest BCUT2D eigenvalue weighted by Gasteiger charge is -2.30. The first-order valence-corrected chi connectivity index (χ1v) is 10.0. The molecule has 154 valence electrons. The molecule has 1 aromatic heterocycles. The number of rotatable bonds is 6. The minimum atomic E-state index is -0.246. The molecule has 28 heavy (non-hydrogen) atoms. The average Bonchev–Trinajstić information content (AvgIpc) is 2.68. The van der Waals surface area contributed by atoms with Gasteiger partial charge in [-0.25, -0.2) is 4.68 Å². The molecular weight excluding hydrogens is 376 g/mol. The molecule has 1 unspecified atom stereocenters. The molecule has 3 rings (SSSR count). The number of aromatic nitrogens is 2. The number of halogens is 1. The van der Waals surface area contributed by atoms with Gasteiger partial charge < -0.3 is 11.1 Å². The number of benzene rings is 1. The summed E-state index contributed by atoms with van der Waals surface area (Å²) in [5, 5.41) is 8.65. The van der Waals surface area contributed by atoms with Gasteiger partial charge in [-0.2, -0.15) is 5.10 Å². The molecule has 0 radical (unpaired) electrons. The monoisotopic (exact) mass is 406 g/mol. The van der Waals surface area contributed by atoms with Crippen molar-refractivity contribution >= 4 is 29.1 Å². The lowest BCUT2D eigenvalue weighted by atomic mass is 9.84. The first kappa shape index (κ1) is 22.4. The van der Waals surface area contributed by atoms with Crippen molar-refractivity contribution in [3.63, 3.8) is 0 Å². The van der Waals surface area contributed by atoms with Gasteiger partial charge in [0.15, 0.2) is 5.69 Å². The van der Waals surface area contributed by atoms with Crippen LogP contribution in [0.2, 0.25) is 0 Å². The Bertz CT molecular complexity index is 859. The van der Waals surface area contributed by atoms with Crippen molar-refractivity contribution in [1.29, 1.82) is 0 Å². The van der Waals surface area contributed by atoms with E-state index < -0.39 is 0 Å². The number of carbonyl (C=O) groups is 1. The van der Waals surface area contributed by atoms with Gasteiger partial charge >= 0.3 is 0 Å². The van der Waals surface area contributed by atoms with E-state index in [1.807, 2.05) is 26.0 Å². The fourth-order valence-corrected chi connectivity index (χ4v) is 4.01. The number of hydrogen-bond donors (Lipinski definition) is 2. The van der Waals surface area contributed by atoms with Gasteiger partial charge in [-0.3, -0.25) is 9.59 Å². The molecule has 1 atom stereocenters. The SMILES string of the molecule is CC(C)Cn1nc(C(=O)NC(CN)C2CCCCC2)c2ccccc2c1=O.Cl. The molecule has 0 saturated heterocycles. The molecule has 2 aromatic rings. The number of nitrogens with one attached hydrogen (secondary N) is 1. The quantitative estimate of drug-likeness (QED) is 0.771. The highest BCUT2D eigenvalue weighted by Gasteiger charge is 2.26. The number of carbonyl (C=O) groups excluding carboxylic acids is 1. The minimum Gasteiger partial charge on any atom is -0.346 e. The summed E-state index contributed by atoms with van der Waals surface area (Å²) >= 11 is 0. The number of nitrogens with two attached hydrogens (primary N) is 1. The number of fused-ring (bicyclic) bond motifs is 1. The van der Waals surface area contributed by atoms with Crippen molar-refractivity contribution in [1.82, 2.24) is 15.1 Å². The number of nitrogens with zero attached hydrogens (tertiary/aromatic N) is 2. The maximum atomic E-state index is 13.1. The third kappa shape index (κ3) is 4.92. The van der Waals surface area contributed by atoms with Crippen LogP contribution >= 0.6 is 12.4 Å². The summed E-state index contributed by atoms with van der Waals surface area (Å²) in [4.78, 5) is 25.8. The molecule has 3 N–H and O–H groups in total. The summed E-state index contributed by atoms with van der Waals surface area (Å²) in [5.41, 5.74) is 6.12. The fourth-order valence-electron chi connectivity index (χ4n) is 4.01. The molecule has 1 aliphatic carbocycles. The molecule has 1 saturated carbocycles. The van der Waals surface area contributed by atoms with Gasteiger partial charge in [0.1, 0.15) is 0 Å². The van der Waals surface area contributed by atoms with Crippen LogP contribution < -0.4 is 16.6 Å². The number of hydrogen-bond acceptors (Lipinski definition) is 4. The molecule has 0 spiro atoms. The highest BCUT2D eigenvalue weighted by Crippen LogP contribution is 2.26. The summed E-state index contributed by atoms with van der Waals surface area (Å²) in [6, 6.07) is 7.14. The Morgan fingerprint density at radius 1 is 1.21 bits per heavy atom. The van der Waals surface area contributed by atoms with Crippen molar-refractivity contribution in [3.05, 3.63) is 40.3 Å². The van der Waals surface area contributed by atoms with E-state index in [-0.39, 0.29) is 35.8 Å². The zero-order chi connectivity index (χ0) is 19.4. The van der Waals surface area contributed by atoms with E-state index in [1.54, 1.807) is 12.1 Å². The molecule has 1 aromatic carbocycles. The second-order valence-corrected chi connectivity index (χ2v) is 7.99. The first-order valence-electron chi connectivity index (χ1n) is 10.0. The first-order chi connectivity index (χ1) is 13.0. The summed E-state index contributed by atoms with van der Waals surface area (Å²) < 4.78 is 1.42. The summed E-state index contributed by atoms with van der Waals surface area (Å²) in [6.07, 6.45) is 5.84. The lowest BCUT2D eigenvalue weighted by Crippen LogP contribution is -2.46. The average molecular weight is 407 g/mol. The van der Waals surface area contributed by atoms with Crippen LogP contribution in [-0.4, -0.2) is 28.3 Å². The van der Waals surface area contributed by atoms with Crippen LogP contribution in [-0.2, 0) is 6.54 Å². The lowest BCUT2D eigenvalue weighted by molar-refractivity contribution is 0.0909. The largest absolute Gasteiger partial charge is 0.346 e. The van der Waals surface area contributed by atoms with E-state index in [0.717, 1.165) is 12.8 Å². The van der Waals surface area contributed by atoms with Gasteiger partial charge in [0.25, 0.3) is 11.5 Å². The van der Waals surface area contributed by atoms with Crippen molar-refractivity contribution in [2.45, 2.75) is 58.5 Å².